The number of hydrogen-bond donors (Lipinski definition) is 3. The van der Waals surface area contributed by atoms with Gasteiger partial charge in [-0.3, -0.25) is 0 Å². The number of piperazine rings is 1. The van der Waals surface area contributed by atoms with E-state index in [4.69, 9.17) is 5.21 Å². The summed E-state index contributed by atoms with van der Waals surface area (Å²) >= 11 is 0. The van der Waals surface area contributed by atoms with Gasteiger partial charge in [-0.25, -0.2) is 4.98 Å². The number of nitrogens with one attached hydrogen (secondary N) is 1. The Hall–Kier alpha value is -1.66. The molecule has 0 aromatic carbocycles. The Morgan fingerprint density at radius 2 is 2.10 bits per heavy atom. The van der Waals surface area contributed by atoms with Crippen LogP contribution >= 0.6 is 0 Å². The van der Waals surface area contributed by atoms with Crippen molar-refractivity contribution >= 4 is 6.21 Å². The average molecular weight is 278 g/mol. The molecule has 0 radical (unpaired) electrons. The minimum atomic E-state index is 0.0346. The lowest BCUT2D eigenvalue weighted by Gasteiger charge is -2.26. The van der Waals surface area contributed by atoms with Crippen molar-refractivity contribution < 1.29 is 10.3 Å². The monoisotopic (exact) mass is 278 g/mol. The van der Waals surface area contributed by atoms with Gasteiger partial charge >= 0.3 is 0 Å². The molecule has 2 heterocycles. The average Bonchev–Trinajstić information content (AvgIpc) is 2.48. The lowest BCUT2D eigenvalue weighted by molar-refractivity contribution is 0.237. The fourth-order valence-corrected chi connectivity index (χ4v) is 2.37. The summed E-state index contributed by atoms with van der Waals surface area (Å²) in [6.45, 7) is 5.57. The van der Waals surface area contributed by atoms with E-state index in [0.717, 1.165) is 63.9 Å². The van der Waals surface area contributed by atoms with Crippen molar-refractivity contribution in [3.8, 4) is 5.75 Å². The third kappa shape index (κ3) is 4.47. The predicted octanol–water partition coefficient (Wildman–Crippen LogP) is 0.823. The SMILES string of the molecule is ON=Cc1nc(CCCCN2CCNCC2)ccc1O. The molecule has 6 nitrogen and oxygen atoms in total. The van der Waals surface area contributed by atoms with Gasteiger partial charge in [0.2, 0.25) is 0 Å². The molecule has 0 bridgehead atoms. The highest BCUT2D eigenvalue weighted by atomic mass is 16.4. The first-order chi connectivity index (χ1) is 9.79. The van der Waals surface area contributed by atoms with Crippen LogP contribution in [-0.4, -0.2) is 59.1 Å². The number of rotatable bonds is 6. The molecule has 0 amide bonds. The van der Waals surface area contributed by atoms with Crippen molar-refractivity contribution in [1.29, 1.82) is 0 Å². The summed E-state index contributed by atoms with van der Waals surface area (Å²) in [7, 11) is 0. The standard InChI is InChI=1S/C14H22N4O2/c19-14-5-4-12(17-13(14)11-16-20)3-1-2-8-18-9-6-15-7-10-18/h4-5,11,15,19-20H,1-3,6-10H2. The molecule has 3 N–H and O–H groups in total. The van der Waals surface area contributed by atoms with Gasteiger partial charge in [0.25, 0.3) is 0 Å². The van der Waals surface area contributed by atoms with Gasteiger partial charge in [0.1, 0.15) is 11.4 Å². The molecule has 20 heavy (non-hydrogen) atoms. The van der Waals surface area contributed by atoms with Crippen LogP contribution in [0.2, 0.25) is 0 Å². The molecule has 0 aliphatic carbocycles. The summed E-state index contributed by atoms with van der Waals surface area (Å²) < 4.78 is 0. The number of nitrogens with zero attached hydrogens (tertiary/aromatic N) is 3. The molecular weight excluding hydrogens is 256 g/mol. The molecule has 0 atom stereocenters. The van der Waals surface area contributed by atoms with Gasteiger partial charge < -0.3 is 20.5 Å². The second-order valence-electron chi connectivity index (χ2n) is 5.00. The fourth-order valence-electron chi connectivity index (χ4n) is 2.37. The van der Waals surface area contributed by atoms with Crippen molar-refractivity contribution in [2.75, 3.05) is 32.7 Å². The van der Waals surface area contributed by atoms with Gasteiger partial charge in [0.05, 0.1) is 6.21 Å². The third-order valence-corrected chi connectivity index (χ3v) is 3.51. The van der Waals surface area contributed by atoms with E-state index in [0.29, 0.717) is 5.69 Å². The minimum Gasteiger partial charge on any atom is -0.506 e. The smallest absolute Gasteiger partial charge is 0.142 e. The summed E-state index contributed by atoms with van der Waals surface area (Å²) in [4.78, 5) is 6.74. The molecule has 0 spiro atoms. The molecule has 2 rings (SSSR count). The van der Waals surface area contributed by atoms with Crippen molar-refractivity contribution in [2.24, 2.45) is 5.16 Å². The largest absolute Gasteiger partial charge is 0.506 e. The quantitative estimate of drug-likeness (QED) is 0.311. The van der Waals surface area contributed by atoms with Gasteiger partial charge in [-0.15, -0.1) is 0 Å². The van der Waals surface area contributed by atoms with Crippen molar-refractivity contribution in [2.45, 2.75) is 19.3 Å². The van der Waals surface area contributed by atoms with Crippen LogP contribution in [0.3, 0.4) is 0 Å². The maximum atomic E-state index is 9.53. The number of hydrogen-bond acceptors (Lipinski definition) is 6. The Morgan fingerprint density at radius 3 is 2.85 bits per heavy atom. The Labute approximate surface area is 119 Å². The van der Waals surface area contributed by atoms with Gasteiger partial charge in [-0.05, 0) is 37.9 Å². The van der Waals surface area contributed by atoms with Crippen LogP contribution in [-0.2, 0) is 6.42 Å². The van der Waals surface area contributed by atoms with Crippen molar-refractivity contribution in [3.05, 3.63) is 23.5 Å². The molecule has 1 aromatic heterocycles. The summed E-state index contributed by atoms with van der Waals surface area (Å²) in [5.41, 5.74) is 1.23. The summed E-state index contributed by atoms with van der Waals surface area (Å²) in [5, 5.41) is 24.3. The lowest BCUT2D eigenvalue weighted by atomic mass is 10.1. The van der Waals surface area contributed by atoms with Crippen LogP contribution in [0.4, 0.5) is 0 Å². The van der Waals surface area contributed by atoms with Crippen LogP contribution in [0.15, 0.2) is 17.3 Å². The molecule has 1 saturated heterocycles. The summed E-state index contributed by atoms with van der Waals surface area (Å²) in [6.07, 6.45) is 4.24. The van der Waals surface area contributed by atoms with Crippen LogP contribution in [0.25, 0.3) is 0 Å². The lowest BCUT2D eigenvalue weighted by Crippen LogP contribution is -2.43. The van der Waals surface area contributed by atoms with E-state index in [2.05, 4.69) is 20.4 Å². The first-order valence-corrected chi connectivity index (χ1v) is 7.09. The van der Waals surface area contributed by atoms with Gasteiger partial charge in [0.15, 0.2) is 0 Å². The van der Waals surface area contributed by atoms with Gasteiger partial charge in [0, 0.05) is 31.9 Å². The van der Waals surface area contributed by atoms with E-state index < -0.39 is 0 Å². The number of oxime groups is 1. The highest BCUT2D eigenvalue weighted by Gasteiger charge is 2.08. The first kappa shape index (κ1) is 14.7. The highest BCUT2D eigenvalue weighted by molar-refractivity contribution is 5.80. The molecule has 1 aromatic rings. The van der Waals surface area contributed by atoms with Crippen LogP contribution in [0, 0.1) is 0 Å². The molecule has 1 fully saturated rings. The van der Waals surface area contributed by atoms with Crippen molar-refractivity contribution in [3.63, 3.8) is 0 Å². The number of aromatic nitrogens is 1. The van der Waals surface area contributed by atoms with Crippen LogP contribution < -0.4 is 5.32 Å². The molecule has 1 aliphatic rings. The maximum Gasteiger partial charge on any atom is 0.142 e. The number of unbranched alkanes of at least 4 members (excludes halogenated alkanes) is 1. The molecule has 1 aliphatic heterocycles. The minimum absolute atomic E-state index is 0.0346. The Bertz CT molecular complexity index is 445. The Balaban J connectivity index is 1.74. The Kier molecular flexibility index (Phi) is 5.76. The van der Waals surface area contributed by atoms with Gasteiger partial charge in [-0.1, -0.05) is 5.16 Å². The second-order valence-corrected chi connectivity index (χ2v) is 5.00. The second kappa shape index (κ2) is 7.81. The highest BCUT2D eigenvalue weighted by Crippen LogP contribution is 2.14. The molecule has 110 valence electrons. The van der Waals surface area contributed by atoms with Crippen LogP contribution in [0.1, 0.15) is 24.2 Å². The zero-order valence-electron chi connectivity index (χ0n) is 11.6. The zero-order valence-corrected chi connectivity index (χ0v) is 11.6. The third-order valence-electron chi connectivity index (χ3n) is 3.51. The maximum absolute atomic E-state index is 9.53. The normalized spacial score (nSPS) is 16.8. The number of pyridine rings is 1. The van der Waals surface area contributed by atoms with E-state index >= 15 is 0 Å². The van der Waals surface area contributed by atoms with E-state index in [-0.39, 0.29) is 5.75 Å². The first-order valence-electron chi connectivity index (χ1n) is 7.09. The van der Waals surface area contributed by atoms with E-state index in [9.17, 15) is 5.11 Å². The zero-order chi connectivity index (χ0) is 14.2. The molecular formula is C14H22N4O2. The van der Waals surface area contributed by atoms with Crippen LogP contribution in [0.5, 0.6) is 5.75 Å². The number of aryl methyl sites for hydroxylation is 1. The molecule has 6 heteroatoms. The van der Waals surface area contributed by atoms with E-state index in [1.807, 2.05) is 6.07 Å². The van der Waals surface area contributed by atoms with Gasteiger partial charge in [-0.2, -0.15) is 0 Å². The van der Waals surface area contributed by atoms with E-state index in [1.54, 1.807) is 6.07 Å². The summed E-state index contributed by atoms with van der Waals surface area (Å²) in [5.74, 6) is 0.0346. The van der Waals surface area contributed by atoms with E-state index in [1.165, 1.54) is 0 Å². The number of aromatic hydroxyl groups is 1. The predicted molar refractivity (Wildman–Crippen MR) is 77.5 cm³/mol. The Morgan fingerprint density at radius 1 is 1.30 bits per heavy atom. The fraction of sp³-hybridized carbons (Fsp3) is 0.571. The van der Waals surface area contributed by atoms with Crippen molar-refractivity contribution in [1.82, 2.24) is 15.2 Å². The molecule has 0 saturated carbocycles. The molecule has 0 unspecified atom stereocenters. The summed E-state index contributed by atoms with van der Waals surface area (Å²) in [6, 6.07) is 3.41. The topological polar surface area (TPSA) is 81.0 Å².